The molecule has 1 N–H and O–H groups in total. The van der Waals surface area contributed by atoms with Gasteiger partial charge in [-0.3, -0.25) is 14.2 Å². The smallest absolute Gasteiger partial charge is 0.263 e. The fourth-order valence-corrected chi connectivity index (χ4v) is 5.80. The topological polar surface area (TPSA) is 64.0 Å². The molecule has 2 aromatic heterocycles. The minimum absolute atomic E-state index is 0.0808. The van der Waals surface area contributed by atoms with Gasteiger partial charge in [0, 0.05) is 16.1 Å². The van der Waals surface area contributed by atoms with Crippen LogP contribution in [0.1, 0.15) is 40.0 Å². The van der Waals surface area contributed by atoms with Crippen LogP contribution in [-0.2, 0) is 24.2 Å². The van der Waals surface area contributed by atoms with Crippen molar-refractivity contribution in [3.8, 4) is 11.4 Å². The molecule has 168 valence electrons. The maximum atomic E-state index is 13.8. The van der Waals surface area contributed by atoms with Crippen LogP contribution in [-0.4, -0.2) is 15.5 Å². The second kappa shape index (κ2) is 8.60. The first-order valence-corrected chi connectivity index (χ1v) is 12.2. The van der Waals surface area contributed by atoms with Crippen LogP contribution in [0, 0.1) is 20.8 Å². The van der Waals surface area contributed by atoms with Crippen molar-refractivity contribution in [2.45, 2.75) is 53.0 Å². The number of rotatable bonds is 4. The molecule has 6 heteroatoms. The summed E-state index contributed by atoms with van der Waals surface area (Å²) in [6, 6.07) is 13.8. The molecule has 0 fully saturated rings. The van der Waals surface area contributed by atoms with Crippen LogP contribution >= 0.6 is 11.3 Å². The Morgan fingerprint density at radius 3 is 2.67 bits per heavy atom. The normalized spacial score (nSPS) is 13.2. The van der Waals surface area contributed by atoms with Crippen molar-refractivity contribution in [3.05, 3.63) is 79.9 Å². The molecule has 4 aromatic rings. The number of carbonyl (C=O) groups is 1. The van der Waals surface area contributed by atoms with E-state index in [1.54, 1.807) is 15.9 Å². The number of carbonyl (C=O) groups excluding carboxylic acids is 1. The number of aromatic nitrogens is 2. The molecule has 1 aliphatic carbocycles. The van der Waals surface area contributed by atoms with Gasteiger partial charge >= 0.3 is 0 Å². The van der Waals surface area contributed by atoms with Gasteiger partial charge in [0.2, 0.25) is 5.91 Å². The highest BCUT2D eigenvalue weighted by molar-refractivity contribution is 7.18. The van der Waals surface area contributed by atoms with E-state index in [-0.39, 0.29) is 18.0 Å². The van der Waals surface area contributed by atoms with Gasteiger partial charge in [-0.2, -0.15) is 0 Å². The van der Waals surface area contributed by atoms with Crippen LogP contribution in [0.4, 0.5) is 5.69 Å². The van der Waals surface area contributed by atoms with Crippen molar-refractivity contribution in [2.75, 3.05) is 5.32 Å². The molecule has 0 radical (unpaired) electrons. The highest BCUT2D eigenvalue weighted by Crippen LogP contribution is 2.35. The number of aryl methyl sites for hydroxylation is 5. The van der Waals surface area contributed by atoms with Gasteiger partial charge < -0.3 is 5.32 Å². The van der Waals surface area contributed by atoms with Crippen molar-refractivity contribution in [3.63, 3.8) is 0 Å². The summed E-state index contributed by atoms with van der Waals surface area (Å²) in [6.45, 7) is 5.99. The first kappa shape index (κ1) is 21.6. The van der Waals surface area contributed by atoms with Gasteiger partial charge in [-0.15, -0.1) is 11.3 Å². The average Bonchev–Trinajstić information content (AvgIpc) is 3.17. The number of benzene rings is 2. The van der Waals surface area contributed by atoms with E-state index in [0.29, 0.717) is 11.2 Å². The molecular formula is C27H27N3O2S. The van der Waals surface area contributed by atoms with Crippen LogP contribution in [0.3, 0.4) is 0 Å². The number of nitrogens with one attached hydrogen (secondary N) is 1. The maximum Gasteiger partial charge on any atom is 0.263 e. The van der Waals surface area contributed by atoms with E-state index in [1.807, 2.05) is 63.2 Å². The van der Waals surface area contributed by atoms with Gasteiger partial charge in [-0.25, -0.2) is 4.98 Å². The van der Waals surface area contributed by atoms with Crippen molar-refractivity contribution >= 4 is 33.1 Å². The molecule has 0 saturated carbocycles. The first-order valence-electron chi connectivity index (χ1n) is 11.4. The molecule has 2 heterocycles. The zero-order valence-corrected chi connectivity index (χ0v) is 20.0. The number of hydrogen-bond acceptors (Lipinski definition) is 4. The molecule has 1 aliphatic rings. The molecule has 1 amide bonds. The summed E-state index contributed by atoms with van der Waals surface area (Å²) in [7, 11) is 0. The molecule has 0 saturated heterocycles. The maximum absolute atomic E-state index is 13.8. The lowest BCUT2D eigenvalue weighted by molar-refractivity contribution is -0.116. The minimum Gasteiger partial charge on any atom is -0.325 e. The summed E-state index contributed by atoms with van der Waals surface area (Å²) >= 11 is 1.64. The van der Waals surface area contributed by atoms with E-state index in [0.717, 1.165) is 58.5 Å². The monoisotopic (exact) mass is 457 g/mol. The lowest BCUT2D eigenvalue weighted by Gasteiger charge is -2.15. The zero-order valence-electron chi connectivity index (χ0n) is 19.2. The second-order valence-corrected chi connectivity index (χ2v) is 10.0. The number of anilines is 1. The zero-order chi connectivity index (χ0) is 23.1. The molecular weight excluding hydrogens is 430 g/mol. The van der Waals surface area contributed by atoms with Crippen LogP contribution in [0.2, 0.25) is 0 Å². The van der Waals surface area contributed by atoms with Gasteiger partial charge in [-0.1, -0.05) is 29.8 Å². The summed E-state index contributed by atoms with van der Waals surface area (Å²) in [5, 5.41) is 3.66. The number of thiophene rings is 1. The van der Waals surface area contributed by atoms with E-state index < -0.39 is 0 Å². The number of fused-ring (bicyclic) bond motifs is 3. The Hall–Kier alpha value is -3.25. The fraction of sp³-hybridized carbons (Fsp3) is 0.296. The fourth-order valence-electron chi connectivity index (χ4n) is 4.55. The van der Waals surface area contributed by atoms with E-state index in [1.165, 1.54) is 10.4 Å². The van der Waals surface area contributed by atoms with Gasteiger partial charge in [0.1, 0.15) is 17.2 Å². The highest BCUT2D eigenvalue weighted by atomic mass is 32.1. The Bertz CT molecular complexity index is 1450. The molecule has 0 atom stereocenters. The Kier molecular flexibility index (Phi) is 5.62. The Morgan fingerprint density at radius 2 is 1.88 bits per heavy atom. The number of hydrogen-bond donors (Lipinski definition) is 1. The third-order valence-electron chi connectivity index (χ3n) is 6.44. The van der Waals surface area contributed by atoms with Gasteiger partial charge in [0.05, 0.1) is 5.39 Å². The Morgan fingerprint density at radius 1 is 1.06 bits per heavy atom. The largest absolute Gasteiger partial charge is 0.325 e. The van der Waals surface area contributed by atoms with Crippen LogP contribution in [0.5, 0.6) is 0 Å². The molecule has 5 rings (SSSR count). The SMILES string of the molecule is Cc1cccc(-c2nc3sc4c(c3c(=O)n2CC(=O)Nc2ccc(C)c(C)c2)CCCC4)c1. The summed E-state index contributed by atoms with van der Waals surface area (Å²) < 4.78 is 1.55. The molecule has 0 bridgehead atoms. The van der Waals surface area contributed by atoms with Gasteiger partial charge in [0.25, 0.3) is 5.56 Å². The average molecular weight is 458 g/mol. The van der Waals surface area contributed by atoms with Crippen molar-refractivity contribution in [2.24, 2.45) is 0 Å². The molecule has 2 aromatic carbocycles. The van der Waals surface area contributed by atoms with Crippen LogP contribution < -0.4 is 10.9 Å². The summed E-state index contributed by atoms with van der Waals surface area (Å²) in [5.41, 5.74) is 5.96. The van der Waals surface area contributed by atoms with Gasteiger partial charge in [0.15, 0.2) is 0 Å². The molecule has 0 aliphatic heterocycles. The van der Waals surface area contributed by atoms with E-state index in [4.69, 9.17) is 4.98 Å². The third kappa shape index (κ3) is 4.11. The number of nitrogens with zero attached hydrogens (tertiary/aromatic N) is 2. The van der Waals surface area contributed by atoms with Crippen molar-refractivity contribution < 1.29 is 4.79 Å². The van der Waals surface area contributed by atoms with Gasteiger partial charge in [-0.05, 0) is 81.3 Å². The minimum atomic E-state index is -0.237. The summed E-state index contributed by atoms with van der Waals surface area (Å²) in [4.78, 5) is 33.8. The quantitative estimate of drug-likeness (QED) is 0.436. The first-order chi connectivity index (χ1) is 15.9. The second-order valence-electron chi connectivity index (χ2n) is 8.93. The van der Waals surface area contributed by atoms with Crippen molar-refractivity contribution in [1.82, 2.24) is 9.55 Å². The molecule has 33 heavy (non-hydrogen) atoms. The summed E-state index contributed by atoms with van der Waals surface area (Å²) in [6.07, 6.45) is 4.15. The van der Waals surface area contributed by atoms with Crippen molar-refractivity contribution in [1.29, 1.82) is 0 Å². The summed E-state index contributed by atoms with van der Waals surface area (Å²) in [5.74, 6) is 0.310. The number of amides is 1. The predicted octanol–water partition coefficient (Wildman–Crippen LogP) is 5.57. The molecule has 0 spiro atoms. The Balaban J connectivity index is 1.61. The lowest BCUT2D eigenvalue weighted by Crippen LogP contribution is -2.30. The Labute approximate surface area is 197 Å². The third-order valence-corrected chi connectivity index (χ3v) is 7.63. The highest BCUT2D eigenvalue weighted by Gasteiger charge is 2.23. The molecule has 5 nitrogen and oxygen atoms in total. The predicted molar refractivity (Wildman–Crippen MR) is 135 cm³/mol. The van der Waals surface area contributed by atoms with E-state index >= 15 is 0 Å². The standard InChI is InChI=1S/C27H27N3O2S/c1-16-7-6-8-19(13-16)25-29-26-24(21-9-4-5-10-22(21)33-26)27(32)30(25)15-23(31)28-20-12-11-17(2)18(3)14-20/h6-8,11-14H,4-5,9-10,15H2,1-3H3,(H,28,31). The molecule has 0 unspecified atom stereocenters. The van der Waals surface area contributed by atoms with Crippen LogP contribution in [0.15, 0.2) is 47.3 Å². The van der Waals surface area contributed by atoms with E-state index in [2.05, 4.69) is 5.32 Å². The van der Waals surface area contributed by atoms with E-state index in [9.17, 15) is 9.59 Å². The lowest BCUT2D eigenvalue weighted by atomic mass is 9.97. The van der Waals surface area contributed by atoms with Crippen LogP contribution in [0.25, 0.3) is 21.6 Å².